The van der Waals surface area contributed by atoms with Crippen molar-refractivity contribution in [1.82, 2.24) is 9.88 Å². The van der Waals surface area contributed by atoms with Crippen LogP contribution in [0, 0.1) is 11.7 Å². The summed E-state index contributed by atoms with van der Waals surface area (Å²) >= 11 is 0. The van der Waals surface area contributed by atoms with E-state index >= 15 is 0 Å². The van der Waals surface area contributed by atoms with Gasteiger partial charge in [0.1, 0.15) is 5.82 Å². The molecule has 1 saturated heterocycles. The number of benzene rings is 2. The molecule has 0 saturated carbocycles. The Balaban J connectivity index is 1.33. The van der Waals surface area contributed by atoms with Crippen LogP contribution in [0.2, 0.25) is 0 Å². The Kier molecular flexibility index (Phi) is 5.16. The molecule has 0 bridgehead atoms. The van der Waals surface area contributed by atoms with Crippen molar-refractivity contribution in [2.45, 2.75) is 19.4 Å². The van der Waals surface area contributed by atoms with Gasteiger partial charge in [-0.05, 0) is 67.9 Å². The predicted molar refractivity (Wildman–Crippen MR) is 105 cm³/mol. The van der Waals surface area contributed by atoms with E-state index in [4.69, 9.17) is 0 Å². The highest BCUT2D eigenvalue weighted by atomic mass is 19.1. The van der Waals surface area contributed by atoms with Crippen LogP contribution in [0.4, 0.5) is 4.39 Å². The SMILES string of the molecule is O=C(c1ccc(F)cc1)C1CCN(Cc2ccc(-c3ccccc3)[nH]2)CC1. The summed E-state index contributed by atoms with van der Waals surface area (Å²) in [5.41, 5.74) is 4.13. The van der Waals surface area contributed by atoms with Gasteiger partial charge in [0.05, 0.1) is 0 Å². The van der Waals surface area contributed by atoms with Crippen LogP contribution in [0.1, 0.15) is 28.9 Å². The molecule has 1 aliphatic heterocycles. The highest BCUT2D eigenvalue weighted by Gasteiger charge is 2.26. The molecule has 4 heteroatoms. The summed E-state index contributed by atoms with van der Waals surface area (Å²) in [5, 5.41) is 0. The standard InChI is InChI=1S/C23H23FN2O/c24-20-8-6-18(7-9-20)23(27)19-12-14-26(15-13-19)16-21-10-11-22(25-21)17-4-2-1-3-5-17/h1-11,19,25H,12-16H2. The van der Waals surface area contributed by atoms with Crippen LogP contribution in [0.25, 0.3) is 11.3 Å². The van der Waals surface area contributed by atoms with E-state index < -0.39 is 0 Å². The van der Waals surface area contributed by atoms with E-state index in [1.165, 1.54) is 23.4 Å². The summed E-state index contributed by atoms with van der Waals surface area (Å²) in [7, 11) is 0. The maximum absolute atomic E-state index is 13.0. The van der Waals surface area contributed by atoms with Gasteiger partial charge in [-0.1, -0.05) is 30.3 Å². The summed E-state index contributed by atoms with van der Waals surface area (Å²) in [4.78, 5) is 18.5. The van der Waals surface area contributed by atoms with Crippen LogP contribution in [0.5, 0.6) is 0 Å². The summed E-state index contributed by atoms with van der Waals surface area (Å²) < 4.78 is 13.0. The number of nitrogens with one attached hydrogen (secondary N) is 1. The monoisotopic (exact) mass is 362 g/mol. The molecule has 3 nitrogen and oxygen atoms in total. The van der Waals surface area contributed by atoms with Crippen molar-refractivity contribution >= 4 is 5.78 Å². The molecule has 0 spiro atoms. The maximum atomic E-state index is 13.0. The molecule has 1 aromatic heterocycles. The van der Waals surface area contributed by atoms with Crippen molar-refractivity contribution in [1.29, 1.82) is 0 Å². The number of aromatic amines is 1. The van der Waals surface area contributed by atoms with Crippen molar-refractivity contribution in [2.24, 2.45) is 5.92 Å². The number of hydrogen-bond acceptors (Lipinski definition) is 2. The molecular weight excluding hydrogens is 339 g/mol. The van der Waals surface area contributed by atoms with E-state index in [1.54, 1.807) is 12.1 Å². The Morgan fingerprint density at radius 1 is 0.963 bits per heavy atom. The van der Waals surface area contributed by atoms with E-state index in [1.807, 2.05) is 18.2 Å². The molecule has 0 unspecified atom stereocenters. The zero-order valence-corrected chi connectivity index (χ0v) is 15.2. The van der Waals surface area contributed by atoms with Crippen molar-refractivity contribution in [3.05, 3.63) is 83.8 Å². The number of hydrogen-bond donors (Lipinski definition) is 1. The molecule has 2 aromatic carbocycles. The lowest BCUT2D eigenvalue weighted by molar-refractivity contribution is 0.0834. The largest absolute Gasteiger partial charge is 0.357 e. The fourth-order valence-corrected chi connectivity index (χ4v) is 3.76. The molecule has 0 amide bonds. The van der Waals surface area contributed by atoms with Crippen molar-refractivity contribution in [2.75, 3.05) is 13.1 Å². The van der Waals surface area contributed by atoms with Gasteiger partial charge < -0.3 is 4.98 Å². The second-order valence-corrected chi connectivity index (χ2v) is 7.18. The maximum Gasteiger partial charge on any atom is 0.166 e. The first-order valence-electron chi connectivity index (χ1n) is 9.44. The minimum atomic E-state index is -0.304. The molecule has 1 N–H and O–H groups in total. The van der Waals surface area contributed by atoms with E-state index in [0.717, 1.165) is 38.2 Å². The molecule has 3 aromatic rings. The zero-order valence-electron chi connectivity index (χ0n) is 15.2. The van der Waals surface area contributed by atoms with Crippen LogP contribution in [-0.2, 0) is 6.54 Å². The van der Waals surface area contributed by atoms with E-state index in [-0.39, 0.29) is 17.5 Å². The number of H-pyrrole nitrogens is 1. The highest BCUT2D eigenvalue weighted by Crippen LogP contribution is 2.24. The van der Waals surface area contributed by atoms with E-state index in [0.29, 0.717) is 5.56 Å². The number of carbonyl (C=O) groups excluding carboxylic acids is 1. The summed E-state index contributed by atoms with van der Waals surface area (Å²) in [6.45, 7) is 2.67. The average Bonchev–Trinajstić information content (AvgIpc) is 3.18. The fourth-order valence-electron chi connectivity index (χ4n) is 3.76. The quantitative estimate of drug-likeness (QED) is 0.654. The van der Waals surface area contributed by atoms with Gasteiger partial charge in [0.25, 0.3) is 0 Å². The Bertz CT molecular complexity index is 894. The molecule has 27 heavy (non-hydrogen) atoms. The number of ketones is 1. The first-order chi connectivity index (χ1) is 13.2. The molecule has 1 aliphatic rings. The second kappa shape index (κ2) is 7.89. The van der Waals surface area contributed by atoms with E-state index in [9.17, 15) is 9.18 Å². The van der Waals surface area contributed by atoms with Gasteiger partial charge in [0.2, 0.25) is 0 Å². The number of piperidine rings is 1. The van der Waals surface area contributed by atoms with Crippen LogP contribution in [0.15, 0.2) is 66.7 Å². The highest BCUT2D eigenvalue weighted by molar-refractivity contribution is 5.97. The lowest BCUT2D eigenvalue weighted by Gasteiger charge is -2.31. The lowest BCUT2D eigenvalue weighted by atomic mass is 9.89. The number of rotatable bonds is 5. The molecule has 1 fully saturated rings. The van der Waals surface area contributed by atoms with E-state index in [2.05, 4.69) is 34.1 Å². The third-order valence-electron chi connectivity index (χ3n) is 5.31. The molecule has 0 aliphatic carbocycles. The Hall–Kier alpha value is -2.72. The van der Waals surface area contributed by atoms with Crippen LogP contribution in [0.3, 0.4) is 0 Å². The number of nitrogens with zero attached hydrogens (tertiary/aromatic N) is 1. The second-order valence-electron chi connectivity index (χ2n) is 7.18. The summed E-state index contributed by atoms with van der Waals surface area (Å²) in [6.07, 6.45) is 1.70. The molecule has 4 rings (SSSR count). The third-order valence-corrected chi connectivity index (χ3v) is 5.31. The number of carbonyl (C=O) groups is 1. The van der Waals surface area contributed by atoms with Gasteiger partial charge in [-0.15, -0.1) is 0 Å². The van der Waals surface area contributed by atoms with Crippen molar-refractivity contribution in [3.63, 3.8) is 0 Å². The first-order valence-corrected chi connectivity index (χ1v) is 9.44. The number of likely N-dealkylation sites (tertiary alicyclic amines) is 1. The van der Waals surface area contributed by atoms with Gasteiger partial charge in [-0.2, -0.15) is 0 Å². The molecular formula is C23H23FN2O. The van der Waals surface area contributed by atoms with Gasteiger partial charge in [-0.25, -0.2) is 4.39 Å². The zero-order chi connectivity index (χ0) is 18.6. The number of aromatic nitrogens is 1. The van der Waals surface area contributed by atoms with Crippen molar-refractivity contribution in [3.8, 4) is 11.3 Å². The predicted octanol–water partition coefficient (Wildman–Crippen LogP) is 4.92. The molecule has 0 radical (unpaired) electrons. The van der Waals surface area contributed by atoms with Gasteiger partial charge in [-0.3, -0.25) is 9.69 Å². The summed E-state index contributed by atoms with van der Waals surface area (Å²) in [6, 6.07) is 20.5. The molecule has 0 atom stereocenters. The molecule has 138 valence electrons. The van der Waals surface area contributed by atoms with Gasteiger partial charge in [0, 0.05) is 29.4 Å². The minimum Gasteiger partial charge on any atom is -0.357 e. The van der Waals surface area contributed by atoms with Crippen LogP contribution < -0.4 is 0 Å². The van der Waals surface area contributed by atoms with Crippen molar-refractivity contribution < 1.29 is 9.18 Å². The Labute approximate surface area is 158 Å². The minimum absolute atomic E-state index is 0.0373. The smallest absolute Gasteiger partial charge is 0.166 e. The average molecular weight is 362 g/mol. The van der Waals surface area contributed by atoms with Gasteiger partial charge in [0.15, 0.2) is 5.78 Å². The Morgan fingerprint density at radius 3 is 2.37 bits per heavy atom. The topological polar surface area (TPSA) is 36.1 Å². The van der Waals surface area contributed by atoms with Crippen LogP contribution >= 0.6 is 0 Å². The number of Topliss-reactive ketones (excluding diaryl/α,β-unsaturated/α-hetero) is 1. The Morgan fingerprint density at radius 2 is 1.67 bits per heavy atom. The fraction of sp³-hybridized carbons (Fsp3) is 0.261. The normalized spacial score (nSPS) is 15.7. The third kappa shape index (κ3) is 4.17. The lowest BCUT2D eigenvalue weighted by Crippen LogP contribution is -2.36. The number of halogens is 1. The first kappa shape index (κ1) is 17.7. The van der Waals surface area contributed by atoms with Gasteiger partial charge >= 0.3 is 0 Å². The van der Waals surface area contributed by atoms with Crippen LogP contribution in [-0.4, -0.2) is 28.8 Å². The molecule has 2 heterocycles. The summed E-state index contributed by atoms with van der Waals surface area (Å²) in [5.74, 6) is -0.127.